The second kappa shape index (κ2) is 11.1. The number of sulfonamides is 1. The number of hydrogen-bond acceptors (Lipinski definition) is 7. The number of amides is 1. The van der Waals surface area contributed by atoms with Crippen LogP contribution < -0.4 is 14.9 Å². The molecule has 0 radical (unpaired) electrons. The van der Waals surface area contributed by atoms with Gasteiger partial charge in [0.05, 0.1) is 15.1 Å². The number of rotatable bonds is 8. The molecule has 0 aliphatic carbocycles. The number of thiazole rings is 1. The molecular formula is C28H31N5O3S2. The zero-order valence-corrected chi connectivity index (χ0v) is 23.1. The van der Waals surface area contributed by atoms with E-state index in [4.69, 9.17) is 4.98 Å². The Morgan fingerprint density at radius 3 is 2.42 bits per heavy atom. The molecule has 8 nitrogen and oxygen atoms in total. The molecular weight excluding hydrogens is 518 g/mol. The zero-order valence-electron chi connectivity index (χ0n) is 21.5. The molecule has 10 heteroatoms. The van der Waals surface area contributed by atoms with Crippen LogP contribution in [0.3, 0.4) is 0 Å². The van der Waals surface area contributed by atoms with E-state index < -0.39 is 10.0 Å². The predicted octanol–water partition coefficient (Wildman–Crippen LogP) is 4.27. The fourth-order valence-electron chi connectivity index (χ4n) is 4.51. The van der Waals surface area contributed by atoms with Crippen LogP contribution in [-0.2, 0) is 10.0 Å². The highest BCUT2D eigenvalue weighted by Gasteiger charge is 2.21. The van der Waals surface area contributed by atoms with Gasteiger partial charge in [-0.25, -0.2) is 13.4 Å². The highest BCUT2D eigenvalue weighted by Crippen LogP contribution is 2.33. The summed E-state index contributed by atoms with van der Waals surface area (Å²) in [7, 11) is -3.72. The third-order valence-corrected chi connectivity index (χ3v) is 9.37. The number of hydrogen-bond donors (Lipinski definition) is 2. The number of benzene rings is 3. The number of anilines is 2. The van der Waals surface area contributed by atoms with Crippen molar-refractivity contribution in [3.8, 4) is 0 Å². The molecule has 1 aliphatic heterocycles. The van der Waals surface area contributed by atoms with E-state index in [-0.39, 0.29) is 10.8 Å². The van der Waals surface area contributed by atoms with Crippen molar-refractivity contribution in [3.63, 3.8) is 0 Å². The van der Waals surface area contributed by atoms with Crippen molar-refractivity contribution in [1.82, 2.24) is 15.2 Å². The molecule has 0 atom stereocenters. The number of aromatic nitrogens is 1. The molecule has 0 saturated carbocycles. The van der Waals surface area contributed by atoms with Crippen molar-refractivity contribution in [2.45, 2.75) is 18.7 Å². The van der Waals surface area contributed by atoms with Crippen LogP contribution in [-0.4, -0.2) is 63.5 Å². The normalized spacial score (nSPS) is 14.5. The Bertz CT molecular complexity index is 1510. The van der Waals surface area contributed by atoms with Crippen molar-refractivity contribution >= 4 is 48.3 Å². The van der Waals surface area contributed by atoms with E-state index in [1.165, 1.54) is 28.0 Å². The molecule has 1 fully saturated rings. The molecule has 2 N–H and O–H groups in total. The Kier molecular flexibility index (Phi) is 7.64. The summed E-state index contributed by atoms with van der Waals surface area (Å²) < 4.78 is 29.0. The van der Waals surface area contributed by atoms with Gasteiger partial charge in [-0.1, -0.05) is 47.7 Å². The predicted molar refractivity (Wildman–Crippen MR) is 154 cm³/mol. The van der Waals surface area contributed by atoms with Gasteiger partial charge in [-0.05, 0) is 55.3 Å². The Morgan fingerprint density at radius 2 is 1.68 bits per heavy atom. The van der Waals surface area contributed by atoms with Gasteiger partial charge in [-0.15, -0.1) is 0 Å². The molecule has 1 aromatic heterocycles. The van der Waals surface area contributed by atoms with E-state index in [0.29, 0.717) is 17.8 Å². The summed E-state index contributed by atoms with van der Waals surface area (Å²) in [6.45, 7) is 9.11. The zero-order chi connectivity index (χ0) is 26.7. The molecule has 4 aromatic rings. The van der Waals surface area contributed by atoms with E-state index in [0.717, 1.165) is 43.4 Å². The van der Waals surface area contributed by atoms with Gasteiger partial charge >= 0.3 is 0 Å². The van der Waals surface area contributed by atoms with E-state index in [1.54, 1.807) is 53.8 Å². The summed E-state index contributed by atoms with van der Waals surface area (Å²) in [6, 6.07) is 19.0. The minimum Gasteiger partial charge on any atom is -0.351 e. The van der Waals surface area contributed by atoms with Gasteiger partial charge in [0.1, 0.15) is 0 Å². The first-order valence-corrected chi connectivity index (χ1v) is 14.9. The minimum atomic E-state index is -3.72. The summed E-state index contributed by atoms with van der Waals surface area (Å²) in [5, 5.41) is 4.04. The van der Waals surface area contributed by atoms with E-state index in [9.17, 15) is 13.2 Å². The summed E-state index contributed by atoms with van der Waals surface area (Å²) in [5.41, 5.74) is 4.33. The average molecular weight is 550 g/mol. The van der Waals surface area contributed by atoms with E-state index in [2.05, 4.69) is 45.8 Å². The maximum Gasteiger partial charge on any atom is 0.261 e. The molecule has 0 unspecified atom stereocenters. The van der Waals surface area contributed by atoms with Crippen LogP contribution in [0.5, 0.6) is 0 Å². The van der Waals surface area contributed by atoms with Gasteiger partial charge in [-0.2, -0.15) is 0 Å². The molecule has 0 spiro atoms. The fourth-order valence-corrected chi connectivity index (χ4v) is 6.75. The van der Waals surface area contributed by atoms with Crippen LogP contribution >= 0.6 is 11.3 Å². The number of nitrogens with zero attached hydrogens (tertiary/aromatic N) is 3. The second-order valence-corrected chi connectivity index (χ2v) is 12.1. The number of nitrogens with one attached hydrogen (secondary N) is 2. The molecule has 1 saturated heterocycles. The van der Waals surface area contributed by atoms with Crippen molar-refractivity contribution < 1.29 is 13.2 Å². The van der Waals surface area contributed by atoms with Crippen LogP contribution in [0.15, 0.2) is 71.6 Å². The van der Waals surface area contributed by atoms with Gasteiger partial charge in [0, 0.05) is 50.5 Å². The van der Waals surface area contributed by atoms with Crippen LogP contribution in [0.4, 0.5) is 10.8 Å². The summed E-state index contributed by atoms with van der Waals surface area (Å²) >= 11 is 1.76. The Balaban J connectivity index is 1.11. The number of fused-ring (bicyclic) bond motifs is 1. The highest BCUT2D eigenvalue weighted by atomic mass is 32.2. The summed E-state index contributed by atoms with van der Waals surface area (Å²) in [4.78, 5) is 22.5. The first-order valence-electron chi connectivity index (χ1n) is 12.6. The lowest BCUT2D eigenvalue weighted by Crippen LogP contribution is -2.48. The maximum absolute atomic E-state index is 12.7. The number of carbonyl (C=O) groups is 1. The molecule has 0 bridgehead atoms. The third-order valence-electron chi connectivity index (χ3n) is 6.72. The van der Waals surface area contributed by atoms with Crippen LogP contribution in [0, 0.1) is 13.8 Å². The third kappa shape index (κ3) is 5.82. The van der Waals surface area contributed by atoms with Crippen LogP contribution in [0.25, 0.3) is 10.2 Å². The summed E-state index contributed by atoms with van der Waals surface area (Å²) in [6.07, 6.45) is 0. The Hall–Kier alpha value is -3.47. The Labute approximate surface area is 227 Å². The van der Waals surface area contributed by atoms with Crippen molar-refractivity contribution in [2.75, 3.05) is 48.9 Å². The largest absolute Gasteiger partial charge is 0.351 e. The lowest BCUT2D eigenvalue weighted by Gasteiger charge is -2.34. The second-order valence-electron chi connectivity index (χ2n) is 9.46. The van der Waals surface area contributed by atoms with Gasteiger partial charge in [0.15, 0.2) is 5.13 Å². The van der Waals surface area contributed by atoms with Crippen LogP contribution in [0.1, 0.15) is 21.5 Å². The average Bonchev–Trinajstić information content (AvgIpc) is 3.39. The first kappa shape index (κ1) is 26.1. The van der Waals surface area contributed by atoms with Gasteiger partial charge in [0.2, 0.25) is 0 Å². The Morgan fingerprint density at radius 1 is 0.947 bits per heavy atom. The van der Waals surface area contributed by atoms with Gasteiger partial charge in [0.25, 0.3) is 15.9 Å². The smallest absolute Gasteiger partial charge is 0.261 e. The van der Waals surface area contributed by atoms with Gasteiger partial charge in [-0.3, -0.25) is 14.4 Å². The molecule has 5 rings (SSSR count). The molecule has 1 aliphatic rings. The highest BCUT2D eigenvalue weighted by molar-refractivity contribution is 7.92. The maximum atomic E-state index is 12.7. The summed E-state index contributed by atoms with van der Waals surface area (Å²) in [5.74, 6) is -0.232. The quantitative estimate of drug-likeness (QED) is 0.341. The van der Waals surface area contributed by atoms with Crippen molar-refractivity contribution in [1.29, 1.82) is 0 Å². The van der Waals surface area contributed by atoms with Crippen LogP contribution in [0.2, 0.25) is 0 Å². The van der Waals surface area contributed by atoms with E-state index in [1.807, 2.05) is 0 Å². The molecule has 3 aromatic carbocycles. The minimum absolute atomic E-state index is 0.170. The fraction of sp³-hybridized carbons (Fsp3) is 0.286. The molecule has 1 amide bonds. The monoisotopic (exact) mass is 549 g/mol. The molecule has 38 heavy (non-hydrogen) atoms. The lowest BCUT2D eigenvalue weighted by atomic mass is 10.1. The lowest BCUT2D eigenvalue weighted by molar-refractivity contribution is 0.0948. The SMILES string of the molecule is Cc1ccc(C)c2sc(N3CCN(CCNC(=O)c4cccc(NS(=O)(=O)c5ccccc5)c4)CC3)nc12. The topological polar surface area (TPSA) is 94.6 Å². The molecule has 198 valence electrons. The number of aryl methyl sites for hydroxylation is 2. The standard InChI is InChI=1S/C28H31N5O3S2/c1-20-11-12-21(2)26-25(20)30-28(37-26)33-17-15-32(16-18-33)14-13-29-27(34)22-7-6-8-23(19-22)31-38(35,36)24-9-4-3-5-10-24/h3-12,19,31H,13-18H2,1-2H3,(H,29,34). The number of piperazine rings is 1. The van der Waals surface area contributed by atoms with Crippen molar-refractivity contribution in [3.05, 3.63) is 83.4 Å². The number of carbonyl (C=O) groups excluding carboxylic acids is 1. The van der Waals surface area contributed by atoms with Gasteiger partial charge < -0.3 is 10.2 Å². The molecule has 2 heterocycles. The van der Waals surface area contributed by atoms with Crippen molar-refractivity contribution in [2.24, 2.45) is 0 Å². The first-order chi connectivity index (χ1) is 18.3. The van der Waals surface area contributed by atoms with E-state index >= 15 is 0 Å².